The summed E-state index contributed by atoms with van der Waals surface area (Å²) in [6.45, 7) is 1.78. The summed E-state index contributed by atoms with van der Waals surface area (Å²) in [5, 5.41) is 20.4. The summed E-state index contributed by atoms with van der Waals surface area (Å²) in [5.74, 6) is -0.956. The van der Waals surface area contributed by atoms with Gasteiger partial charge in [0.15, 0.2) is 6.10 Å². The molecule has 0 spiro atoms. The van der Waals surface area contributed by atoms with Crippen LogP contribution in [0.2, 0.25) is 0 Å². The maximum atomic E-state index is 10.9. The van der Waals surface area contributed by atoms with E-state index in [1.54, 1.807) is 25.3 Å². The molecule has 0 bridgehead atoms. The van der Waals surface area contributed by atoms with Crippen LogP contribution in [0.3, 0.4) is 0 Å². The summed E-state index contributed by atoms with van der Waals surface area (Å²) in [5.41, 5.74) is 6.87. The van der Waals surface area contributed by atoms with Crippen molar-refractivity contribution in [2.75, 3.05) is 0 Å². The predicted octanol–water partition coefficient (Wildman–Crippen LogP) is 0.423. The van der Waals surface area contributed by atoms with Crippen molar-refractivity contribution in [3.05, 3.63) is 41.6 Å². The summed E-state index contributed by atoms with van der Waals surface area (Å²) in [6.07, 6.45) is -1.31. The van der Waals surface area contributed by atoms with E-state index in [0.29, 0.717) is 5.56 Å². The Hall–Kier alpha value is -1.98. The number of hydrogen-bond acceptors (Lipinski definition) is 4. The molecule has 5 heteroatoms. The van der Waals surface area contributed by atoms with E-state index >= 15 is 0 Å². The Morgan fingerprint density at radius 2 is 2.06 bits per heavy atom. The number of aryl methyl sites for hydroxylation is 1. The topological polar surface area (TPSA) is 96.4 Å². The van der Waals surface area contributed by atoms with Crippen LogP contribution in [0.1, 0.15) is 17.2 Å². The minimum atomic E-state index is -1.62. The van der Waals surface area contributed by atoms with Gasteiger partial charge in [-0.15, -0.1) is 0 Å². The van der Waals surface area contributed by atoms with E-state index in [1.807, 2.05) is 12.1 Å². The zero-order valence-electron chi connectivity index (χ0n) is 9.87. The number of hydrogen-bond donors (Lipinski definition) is 3. The maximum absolute atomic E-state index is 10.9. The Labute approximate surface area is 104 Å². The van der Waals surface area contributed by atoms with Crippen LogP contribution in [0, 0.1) is 6.92 Å². The van der Waals surface area contributed by atoms with E-state index in [9.17, 15) is 15.0 Å². The minimum absolute atomic E-state index is 0.451. The summed E-state index contributed by atoms with van der Waals surface area (Å²) in [4.78, 5) is 15.1. The number of nitrogens with zero attached hydrogens (tertiary/aromatic N) is 1. The van der Waals surface area contributed by atoms with Crippen molar-refractivity contribution in [2.24, 2.45) is 5.73 Å². The molecule has 0 fully saturated rings. The number of aliphatic hydroxyl groups is 2. The van der Waals surface area contributed by atoms with Crippen molar-refractivity contribution in [3.63, 3.8) is 0 Å². The summed E-state index contributed by atoms with van der Waals surface area (Å²) in [6, 6.07) is 7.16. The first kappa shape index (κ1) is 12.5. The molecule has 0 radical (unpaired) electrons. The quantitative estimate of drug-likeness (QED) is 0.731. The van der Waals surface area contributed by atoms with Crippen LogP contribution >= 0.6 is 0 Å². The number of fused-ring (bicyclic) bond motifs is 1. The number of pyridine rings is 1. The van der Waals surface area contributed by atoms with Crippen LogP contribution in [-0.4, -0.2) is 27.2 Å². The molecular weight excluding hydrogens is 232 g/mol. The number of benzene rings is 1. The van der Waals surface area contributed by atoms with Gasteiger partial charge < -0.3 is 15.9 Å². The molecule has 94 valence electrons. The van der Waals surface area contributed by atoms with E-state index in [1.165, 1.54) is 0 Å². The van der Waals surface area contributed by atoms with Crippen molar-refractivity contribution in [1.29, 1.82) is 0 Å². The first-order valence-electron chi connectivity index (χ1n) is 5.52. The molecule has 18 heavy (non-hydrogen) atoms. The zero-order chi connectivity index (χ0) is 13.3. The second-order valence-electron chi connectivity index (χ2n) is 4.15. The van der Waals surface area contributed by atoms with Gasteiger partial charge in [-0.05, 0) is 24.1 Å². The Morgan fingerprint density at radius 3 is 2.72 bits per heavy atom. The second-order valence-corrected chi connectivity index (χ2v) is 4.15. The van der Waals surface area contributed by atoms with Gasteiger partial charge in [-0.25, -0.2) is 0 Å². The van der Waals surface area contributed by atoms with Crippen LogP contribution in [-0.2, 0) is 4.79 Å². The molecule has 0 aliphatic carbocycles. The van der Waals surface area contributed by atoms with Crippen molar-refractivity contribution >= 4 is 16.8 Å². The molecule has 0 saturated heterocycles. The van der Waals surface area contributed by atoms with Crippen LogP contribution in [0.15, 0.2) is 30.5 Å². The van der Waals surface area contributed by atoms with Crippen molar-refractivity contribution < 1.29 is 15.0 Å². The van der Waals surface area contributed by atoms with Crippen LogP contribution in [0.5, 0.6) is 0 Å². The molecular formula is C13H14N2O3. The highest BCUT2D eigenvalue weighted by atomic mass is 16.3. The van der Waals surface area contributed by atoms with E-state index in [-0.39, 0.29) is 0 Å². The molecule has 0 aliphatic rings. The Morgan fingerprint density at radius 1 is 1.33 bits per heavy atom. The standard InChI is InChI=1S/C13H14N2O3/c1-7-9(11(16)12(17)13(14)18)5-4-8-3-2-6-15-10(7)8/h2-6,11-12,16-17H,1H3,(H2,14,18). The highest BCUT2D eigenvalue weighted by molar-refractivity contribution is 5.84. The number of carbonyl (C=O) groups excluding carboxylic acids is 1. The molecule has 1 heterocycles. The number of nitrogens with two attached hydrogens (primary N) is 1. The van der Waals surface area contributed by atoms with Gasteiger partial charge in [0, 0.05) is 11.6 Å². The monoisotopic (exact) mass is 246 g/mol. The summed E-state index contributed by atoms with van der Waals surface area (Å²) in [7, 11) is 0. The molecule has 0 aliphatic heterocycles. The summed E-state index contributed by atoms with van der Waals surface area (Å²) < 4.78 is 0. The van der Waals surface area contributed by atoms with Gasteiger partial charge >= 0.3 is 0 Å². The third-order valence-corrected chi connectivity index (χ3v) is 2.98. The first-order valence-corrected chi connectivity index (χ1v) is 5.52. The van der Waals surface area contributed by atoms with E-state index in [2.05, 4.69) is 4.98 Å². The third-order valence-electron chi connectivity index (χ3n) is 2.98. The Balaban J connectivity index is 2.52. The van der Waals surface area contributed by atoms with E-state index in [4.69, 9.17) is 5.73 Å². The highest BCUT2D eigenvalue weighted by Gasteiger charge is 2.25. The van der Waals surface area contributed by atoms with Gasteiger partial charge in [0.05, 0.1) is 5.52 Å². The Bertz CT molecular complexity index is 598. The van der Waals surface area contributed by atoms with Crippen molar-refractivity contribution in [2.45, 2.75) is 19.1 Å². The van der Waals surface area contributed by atoms with Gasteiger partial charge in [0.25, 0.3) is 0 Å². The van der Waals surface area contributed by atoms with Crippen LogP contribution < -0.4 is 5.73 Å². The average molecular weight is 246 g/mol. The molecule has 2 atom stereocenters. The molecule has 1 amide bonds. The van der Waals surface area contributed by atoms with E-state index < -0.39 is 18.1 Å². The SMILES string of the molecule is Cc1c(C(O)C(O)C(N)=O)ccc2cccnc12. The molecule has 4 N–H and O–H groups in total. The lowest BCUT2D eigenvalue weighted by molar-refractivity contribution is -0.131. The fraction of sp³-hybridized carbons (Fsp3) is 0.231. The average Bonchev–Trinajstić information content (AvgIpc) is 2.37. The minimum Gasteiger partial charge on any atom is -0.385 e. The lowest BCUT2D eigenvalue weighted by atomic mass is 9.96. The predicted molar refractivity (Wildman–Crippen MR) is 66.6 cm³/mol. The smallest absolute Gasteiger partial charge is 0.249 e. The first-order chi connectivity index (χ1) is 8.52. The fourth-order valence-electron chi connectivity index (χ4n) is 1.95. The van der Waals surface area contributed by atoms with Gasteiger partial charge in [0.2, 0.25) is 5.91 Å². The van der Waals surface area contributed by atoms with Gasteiger partial charge in [-0.1, -0.05) is 18.2 Å². The second kappa shape index (κ2) is 4.72. The molecule has 2 aromatic rings. The fourth-order valence-corrected chi connectivity index (χ4v) is 1.95. The van der Waals surface area contributed by atoms with Crippen LogP contribution in [0.4, 0.5) is 0 Å². The number of aliphatic hydroxyl groups excluding tert-OH is 2. The number of primary amides is 1. The number of carbonyl (C=O) groups is 1. The molecule has 2 unspecified atom stereocenters. The number of amides is 1. The lowest BCUT2D eigenvalue weighted by Gasteiger charge is -2.18. The maximum Gasteiger partial charge on any atom is 0.249 e. The molecule has 2 rings (SSSR count). The van der Waals surface area contributed by atoms with Gasteiger partial charge in [-0.2, -0.15) is 0 Å². The Kier molecular flexibility index (Phi) is 3.27. The molecule has 5 nitrogen and oxygen atoms in total. The van der Waals surface area contributed by atoms with Crippen LogP contribution in [0.25, 0.3) is 10.9 Å². The van der Waals surface area contributed by atoms with E-state index in [0.717, 1.165) is 16.5 Å². The normalized spacial score (nSPS) is 14.4. The molecule has 1 aromatic carbocycles. The summed E-state index contributed by atoms with van der Waals surface area (Å²) >= 11 is 0. The number of aromatic nitrogens is 1. The molecule has 1 aromatic heterocycles. The third kappa shape index (κ3) is 2.05. The lowest BCUT2D eigenvalue weighted by Crippen LogP contribution is -2.34. The van der Waals surface area contributed by atoms with Crippen molar-refractivity contribution in [3.8, 4) is 0 Å². The van der Waals surface area contributed by atoms with Gasteiger partial charge in [-0.3, -0.25) is 9.78 Å². The molecule has 0 saturated carbocycles. The highest BCUT2D eigenvalue weighted by Crippen LogP contribution is 2.26. The number of rotatable bonds is 3. The van der Waals surface area contributed by atoms with Crippen molar-refractivity contribution in [1.82, 2.24) is 4.98 Å². The largest absolute Gasteiger partial charge is 0.385 e. The zero-order valence-corrected chi connectivity index (χ0v) is 9.87. The van der Waals surface area contributed by atoms with Gasteiger partial charge in [0.1, 0.15) is 6.10 Å².